The summed E-state index contributed by atoms with van der Waals surface area (Å²) in [5, 5.41) is 19.5. The predicted molar refractivity (Wildman–Crippen MR) is 156 cm³/mol. The average molecular weight is 586 g/mol. The second kappa shape index (κ2) is 14.1. The maximum Gasteiger partial charge on any atom is 0.223 e. The van der Waals surface area contributed by atoms with Gasteiger partial charge in [-0.05, 0) is 30.5 Å². The number of nitrogens with one attached hydrogen (secondary N) is 2. The number of fused-ring (bicyclic) bond motifs is 1. The molecule has 11 nitrogen and oxygen atoms in total. The first-order valence-electron chi connectivity index (χ1n) is 13.7. The van der Waals surface area contributed by atoms with Crippen LogP contribution in [0.2, 0.25) is 0 Å². The van der Waals surface area contributed by atoms with Crippen molar-refractivity contribution in [2.24, 2.45) is 16.6 Å². The number of aliphatic hydroxyl groups excluding tert-OH is 1. The number of H-pyrrole nitrogens is 1. The number of amides is 1. The molecule has 0 fully saturated rings. The van der Waals surface area contributed by atoms with E-state index in [1.165, 1.54) is 24.1 Å². The van der Waals surface area contributed by atoms with Crippen LogP contribution in [0.25, 0.3) is 0 Å². The number of benzene rings is 2. The summed E-state index contributed by atoms with van der Waals surface area (Å²) in [6.45, 7) is 7.14. The Morgan fingerprint density at radius 3 is 2.76 bits per heavy atom. The molecule has 1 aromatic heterocycles. The highest BCUT2D eigenvalue weighted by Crippen LogP contribution is 2.38. The Labute approximate surface area is 243 Å². The van der Waals surface area contributed by atoms with E-state index in [0.29, 0.717) is 47.5 Å². The average Bonchev–Trinajstić information content (AvgIpc) is 3.38. The summed E-state index contributed by atoms with van der Waals surface area (Å²) in [5.41, 5.74) is 6.92. The van der Waals surface area contributed by atoms with Gasteiger partial charge in [-0.3, -0.25) is 9.89 Å². The Kier molecular flexibility index (Phi) is 10.3. The maximum absolute atomic E-state index is 14.9. The first kappa shape index (κ1) is 30.7. The van der Waals surface area contributed by atoms with Crippen molar-refractivity contribution in [3.63, 3.8) is 0 Å². The summed E-state index contributed by atoms with van der Waals surface area (Å²) in [5.74, 6) is -0.624. The minimum absolute atomic E-state index is 0.0204. The van der Waals surface area contributed by atoms with E-state index >= 15 is 0 Å². The van der Waals surface area contributed by atoms with E-state index in [2.05, 4.69) is 39.3 Å². The topological polar surface area (TPSA) is 141 Å². The molecule has 2 aromatic carbocycles. The van der Waals surface area contributed by atoms with Gasteiger partial charge in [-0.25, -0.2) is 13.8 Å². The van der Waals surface area contributed by atoms with Crippen LogP contribution in [0.4, 0.5) is 26.0 Å². The standard InChI is InChI=1S/C29H37F2N7O4/c1-18(2)16-37(9-10-39)8-5-11-42-25-15-22-20(14-24(25)41-3)29(34-27-13-19(35-36-27)12-26(32)40)38(17-33-22)23-7-4-6-21(30)28(23)31/h4,6-7,13-15,18,33,39H,5,8-12,16-17H2,1-3H3,(H2,32,40)(H,35,36). The van der Waals surface area contributed by atoms with Gasteiger partial charge in [0.25, 0.3) is 0 Å². The summed E-state index contributed by atoms with van der Waals surface area (Å²) < 4.78 is 40.9. The molecular weight excluding hydrogens is 548 g/mol. The molecule has 1 amide bonds. The number of hydrogen-bond donors (Lipinski definition) is 4. The number of ether oxygens (including phenoxy) is 2. The third kappa shape index (κ3) is 7.53. The number of primary amides is 1. The molecule has 13 heteroatoms. The quantitative estimate of drug-likeness (QED) is 0.211. The number of hydrogen-bond acceptors (Lipinski definition) is 8. The van der Waals surface area contributed by atoms with E-state index in [0.717, 1.165) is 25.6 Å². The van der Waals surface area contributed by atoms with E-state index in [9.17, 15) is 18.7 Å². The Bertz CT molecular complexity index is 1410. The molecule has 0 atom stereocenters. The van der Waals surface area contributed by atoms with E-state index < -0.39 is 17.5 Å². The van der Waals surface area contributed by atoms with Gasteiger partial charge in [-0.1, -0.05) is 19.9 Å². The molecule has 0 saturated carbocycles. The van der Waals surface area contributed by atoms with Gasteiger partial charge in [0, 0.05) is 43.0 Å². The molecule has 1 aliphatic rings. The monoisotopic (exact) mass is 585 g/mol. The number of aromatic amines is 1. The molecule has 0 radical (unpaired) electrons. The Balaban J connectivity index is 1.64. The zero-order valence-electron chi connectivity index (χ0n) is 24.0. The fourth-order valence-electron chi connectivity index (χ4n) is 4.78. The number of anilines is 2. The van der Waals surface area contributed by atoms with Crippen LogP contribution in [-0.4, -0.2) is 78.6 Å². The summed E-state index contributed by atoms with van der Waals surface area (Å²) in [7, 11) is 1.51. The summed E-state index contributed by atoms with van der Waals surface area (Å²) in [6, 6.07) is 8.98. The minimum Gasteiger partial charge on any atom is -0.493 e. The molecule has 2 heterocycles. The molecule has 0 bridgehead atoms. The normalized spacial score (nSPS) is 13.9. The van der Waals surface area contributed by atoms with Crippen LogP contribution in [0.15, 0.2) is 41.4 Å². The summed E-state index contributed by atoms with van der Waals surface area (Å²) >= 11 is 0. The SMILES string of the molecule is COc1cc2c(cc1OCCCN(CCO)CC(C)C)NCN(c1cccc(F)c1F)C2=Nc1cc(CC(N)=O)[nH]n1. The Morgan fingerprint density at radius 1 is 1.24 bits per heavy atom. The lowest BCUT2D eigenvalue weighted by Gasteiger charge is -2.33. The fraction of sp³-hybridized carbons (Fsp3) is 0.414. The van der Waals surface area contributed by atoms with Gasteiger partial charge in [0.05, 0.1) is 44.8 Å². The molecular formula is C29H37F2N7O4. The molecule has 5 N–H and O–H groups in total. The van der Waals surface area contributed by atoms with Crippen LogP contribution in [0.5, 0.6) is 11.5 Å². The molecule has 0 unspecified atom stereocenters. The van der Waals surface area contributed by atoms with Gasteiger partial charge < -0.3 is 35.4 Å². The lowest BCUT2D eigenvalue weighted by atomic mass is 10.1. The number of aliphatic hydroxyl groups is 1. The van der Waals surface area contributed by atoms with E-state index in [-0.39, 0.29) is 37.0 Å². The van der Waals surface area contributed by atoms with Crippen molar-refractivity contribution in [2.75, 3.05) is 56.8 Å². The number of halogens is 2. The smallest absolute Gasteiger partial charge is 0.223 e. The predicted octanol–water partition coefficient (Wildman–Crippen LogP) is 3.41. The number of aliphatic imine (C=N–C) groups is 1. The second-order valence-corrected chi connectivity index (χ2v) is 10.3. The molecule has 226 valence electrons. The van der Waals surface area contributed by atoms with Crippen LogP contribution in [0.3, 0.4) is 0 Å². The van der Waals surface area contributed by atoms with E-state index in [1.54, 1.807) is 18.2 Å². The van der Waals surface area contributed by atoms with Crippen LogP contribution in [0.1, 0.15) is 31.5 Å². The molecule has 3 aromatic rings. The number of rotatable bonds is 14. The summed E-state index contributed by atoms with van der Waals surface area (Å²) in [4.78, 5) is 19.7. The zero-order valence-corrected chi connectivity index (χ0v) is 24.0. The number of methoxy groups -OCH3 is 1. The van der Waals surface area contributed by atoms with Crippen molar-refractivity contribution in [1.82, 2.24) is 15.1 Å². The van der Waals surface area contributed by atoms with Crippen molar-refractivity contribution in [1.29, 1.82) is 0 Å². The highest BCUT2D eigenvalue weighted by atomic mass is 19.2. The molecule has 0 spiro atoms. The van der Waals surface area contributed by atoms with Gasteiger partial charge in [-0.15, -0.1) is 0 Å². The first-order valence-corrected chi connectivity index (χ1v) is 13.7. The lowest BCUT2D eigenvalue weighted by molar-refractivity contribution is -0.117. The number of carbonyl (C=O) groups is 1. The minimum atomic E-state index is -1.02. The molecule has 1 aliphatic heterocycles. The molecule has 0 aliphatic carbocycles. The van der Waals surface area contributed by atoms with Gasteiger partial charge in [0.2, 0.25) is 5.91 Å². The van der Waals surface area contributed by atoms with E-state index in [1.807, 2.05) is 0 Å². The van der Waals surface area contributed by atoms with Crippen molar-refractivity contribution in [2.45, 2.75) is 26.7 Å². The van der Waals surface area contributed by atoms with Gasteiger partial charge in [0.1, 0.15) is 5.84 Å². The maximum atomic E-state index is 14.9. The van der Waals surface area contributed by atoms with Crippen LogP contribution in [-0.2, 0) is 11.2 Å². The van der Waals surface area contributed by atoms with Gasteiger partial charge in [-0.2, -0.15) is 5.10 Å². The second-order valence-electron chi connectivity index (χ2n) is 10.3. The first-order chi connectivity index (χ1) is 20.2. The third-order valence-corrected chi connectivity index (χ3v) is 6.57. The molecule has 42 heavy (non-hydrogen) atoms. The fourth-order valence-corrected chi connectivity index (χ4v) is 4.78. The highest BCUT2D eigenvalue weighted by molar-refractivity contribution is 6.16. The number of aromatic nitrogens is 2. The number of carbonyl (C=O) groups excluding carboxylic acids is 1. The Morgan fingerprint density at radius 2 is 2.05 bits per heavy atom. The molecule has 4 rings (SSSR count). The van der Waals surface area contributed by atoms with Crippen LogP contribution >= 0.6 is 0 Å². The van der Waals surface area contributed by atoms with Crippen molar-refractivity contribution in [3.05, 3.63) is 59.3 Å². The Hall–Kier alpha value is -4.23. The summed E-state index contributed by atoms with van der Waals surface area (Å²) in [6.07, 6.45) is 0.689. The van der Waals surface area contributed by atoms with Crippen molar-refractivity contribution < 1.29 is 28.2 Å². The van der Waals surface area contributed by atoms with E-state index in [4.69, 9.17) is 15.2 Å². The van der Waals surface area contributed by atoms with Crippen molar-refractivity contribution >= 4 is 28.9 Å². The number of nitrogens with two attached hydrogens (primary N) is 1. The third-order valence-electron chi connectivity index (χ3n) is 6.57. The number of nitrogens with zero attached hydrogens (tertiary/aromatic N) is 4. The van der Waals surface area contributed by atoms with Crippen LogP contribution < -0.4 is 25.4 Å². The van der Waals surface area contributed by atoms with Gasteiger partial charge >= 0.3 is 0 Å². The zero-order chi connectivity index (χ0) is 30.2. The number of amidine groups is 1. The molecule has 0 saturated heterocycles. The largest absolute Gasteiger partial charge is 0.493 e. The lowest BCUT2D eigenvalue weighted by Crippen LogP contribution is -2.41. The van der Waals surface area contributed by atoms with Crippen molar-refractivity contribution in [3.8, 4) is 11.5 Å². The van der Waals surface area contributed by atoms with Crippen LogP contribution in [0, 0.1) is 17.6 Å². The van der Waals surface area contributed by atoms with Gasteiger partial charge in [0.15, 0.2) is 29.0 Å². The highest BCUT2D eigenvalue weighted by Gasteiger charge is 2.29.